The minimum absolute atomic E-state index is 0.0378. The van der Waals surface area contributed by atoms with Gasteiger partial charge in [0.2, 0.25) is 0 Å². The fourth-order valence-corrected chi connectivity index (χ4v) is 0.601. The van der Waals surface area contributed by atoms with Gasteiger partial charge in [0.05, 0.1) is 6.07 Å². The maximum absolute atomic E-state index is 10.8. The van der Waals surface area contributed by atoms with Gasteiger partial charge in [0.25, 0.3) is 0 Å². The highest BCUT2D eigenvalue weighted by molar-refractivity contribution is 5.73. The van der Waals surface area contributed by atoms with Gasteiger partial charge in [0.15, 0.2) is 0 Å². The molecular formula is C7H13N3O2. The standard InChI is InChI=1S/C7H13N3O2/c1-12-6-2-4-9-7(11)10-5-3-8/h2,4-6H2,1H3,(H2,9,10,11). The quantitative estimate of drug-likeness (QED) is 0.446. The Kier molecular flexibility index (Phi) is 6.99. The Morgan fingerprint density at radius 1 is 1.58 bits per heavy atom. The lowest BCUT2D eigenvalue weighted by atomic mass is 10.4. The number of carbonyl (C=O) groups excluding carboxylic acids is 1. The highest BCUT2D eigenvalue weighted by Crippen LogP contribution is 1.76. The van der Waals surface area contributed by atoms with Gasteiger partial charge in [0.1, 0.15) is 6.54 Å². The zero-order chi connectivity index (χ0) is 9.23. The largest absolute Gasteiger partial charge is 0.385 e. The smallest absolute Gasteiger partial charge is 0.315 e. The Hall–Kier alpha value is -1.28. The zero-order valence-electron chi connectivity index (χ0n) is 7.09. The molecule has 2 N–H and O–H groups in total. The van der Waals surface area contributed by atoms with Gasteiger partial charge in [-0.2, -0.15) is 5.26 Å². The number of amides is 2. The van der Waals surface area contributed by atoms with Gasteiger partial charge in [-0.05, 0) is 6.42 Å². The molecule has 0 aromatic carbocycles. The molecule has 0 atom stereocenters. The van der Waals surface area contributed by atoms with Crippen molar-refractivity contribution in [2.45, 2.75) is 6.42 Å². The topological polar surface area (TPSA) is 74.2 Å². The molecule has 5 heteroatoms. The average molecular weight is 171 g/mol. The molecule has 5 nitrogen and oxygen atoms in total. The van der Waals surface area contributed by atoms with Crippen LogP contribution >= 0.6 is 0 Å². The summed E-state index contributed by atoms with van der Waals surface area (Å²) in [6, 6.07) is 1.49. The van der Waals surface area contributed by atoms with Gasteiger partial charge in [-0.3, -0.25) is 0 Å². The van der Waals surface area contributed by atoms with Crippen molar-refractivity contribution in [3.63, 3.8) is 0 Å². The number of nitrogens with one attached hydrogen (secondary N) is 2. The molecule has 0 fully saturated rings. The number of nitriles is 1. The first-order valence-corrected chi connectivity index (χ1v) is 3.69. The van der Waals surface area contributed by atoms with E-state index in [2.05, 4.69) is 10.6 Å². The summed E-state index contributed by atoms with van der Waals surface area (Å²) in [5.74, 6) is 0. The Morgan fingerprint density at radius 3 is 2.92 bits per heavy atom. The predicted octanol–water partition coefficient (Wildman–Crippen LogP) is -0.154. The first-order valence-electron chi connectivity index (χ1n) is 3.69. The lowest BCUT2D eigenvalue weighted by Gasteiger charge is -2.03. The summed E-state index contributed by atoms with van der Waals surface area (Å²) in [6.07, 6.45) is 0.774. The van der Waals surface area contributed by atoms with Gasteiger partial charge in [-0.1, -0.05) is 0 Å². The number of methoxy groups -OCH3 is 1. The lowest BCUT2D eigenvalue weighted by molar-refractivity contribution is 0.193. The number of nitrogens with zero attached hydrogens (tertiary/aromatic N) is 1. The number of hydrogen-bond donors (Lipinski definition) is 2. The summed E-state index contributed by atoms with van der Waals surface area (Å²) < 4.78 is 4.78. The average Bonchev–Trinajstić information content (AvgIpc) is 2.09. The Bertz CT molecular complexity index is 165. The first kappa shape index (κ1) is 10.7. The second-order valence-corrected chi connectivity index (χ2v) is 2.11. The second-order valence-electron chi connectivity index (χ2n) is 2.11. The van der Waals surface area contributed by atoms with E-state index in [1.165, 1.54) is 0 Å². The van der Waals surface area contributed by atoms with Gasteiger partial charge in [-0.25, -0.2) is 4.79 Å². The van der Waals surface area contributed by atoms with E-state index >= 15 is 0 Å². The van der Waals surface area contributed by atoms with Crippen molar-refractivity contribution in [1.29, 1.82) is 5.26 Å². The third kappa shape index (κ3) is 6.83. The SMILES string of the molecule is COCCCNC(=O)NCC#N. The molecule has 0 radical (unpaired) electrons. The van der Waals surface area contributed by atoms with E-state index in [0.717, 1.165) is 6.42 Å². The van der Waals surface area contributed by atoms with Crippen molar-refractivity contribution in [2.24, 2.45) is 0 Å². The highest BCUT2D eigenvalue weighted by atomic mass is 16.5. The van der Waals surface area contributed by atoms with Crippen LogP contribution in [-0.2, 0) is 4.74 Å². The monoisotopic (exact) mass is 171 g/mol. The molecule has 0 aliphatic carbocycles. The van der Waals surface area contributed by atoms with E-state index in [0.29, 0.717) is 13.2 Å². The molecular weight excluding hydrogens is 158 g/mol. The van der Waals surface area contributed by atoms with Crippen LogP contribution in [0.3, 0.4) is 0 Å². The third-order valence-electron chi connectivity index (χ3n) is 1.14. The van der Waals surface area contributed by atoms with Gasteiger partial charge in [0, 0.05) is 20.3 Å². The number of hydrogen-bond acceptors (Lipinski definition) is 3. The molecule has 0 saturated carbocycles. The number of ether oxygens (including phenoxy) is 1. The molecule has 68 valence electrons. The fourth-order valence-electron chi connectivity index (χ4n) is 0.601. The molecule has 0 bridgehead atoms. The molecule has 0 aliphatic heterocycles. The van der Waals surface area contributed by atoms with Crippen LogP contribution in [0, 0.1) is 11.3 Å². The van der Waals surface area contributed by atoms with Crippen LogP contribution in [0.15, 0.2) is 0 Å². The van der Waals surface area contributed by atoms with Crippen LogP contribution in [0.5, 0.6) is 0 Å². The van der Waals surface area contributed by atoms with Crippen molar-refractivity contribution >= 4 is 6.03 Å². The second kappa shape index (κ2) is 7.82. The molecule has 0 rings (SSSR count). The molecule has 0 aliphatic rings. The molecule has 0 aromatic rings. The first-order chi connectivity index (χ1) is 5.81. The van der Waals surface area contributed by atoms with Crippen LogP contribution in [-0.4, -0.2) is 32.8 Å². The van der Waals surface area contributed by atoms with E-state index < -0.39 is 0 Å². The highest BCUT2D eigenvalue weighted by Gasteiger charge is 1.95. The summed E-state index contributed by atoms with van der Waals surface area (Å²) in [7, 11) is 1.61. The maximum Gasteiger partial charge on any atom is 0.315 e. The Labute approximate surface area is 71.7 Å². The molecule has 2 amide bonds. The molecule has 0 saturated heterocycles. The van der Waals surface area contributed by atoms with Crippen molar-refractivity contribution in [2.75, 3.05) is 26.8 Å². The summed E-state index contributed by atoms with van der Waals surface area (Å²) in [4.78, 5) is 10.8. The van der Waals surface area contributed by atoms with Crippen LogP contribution in [0.4, 0.5) is 4.79 Å². The zero-order valence-corrected chi connectivity index (χ0v) is 7.09. The van der Waals surface area contributed by atoms with Gasteiger partial charge >= 0.3 is 6.03 Å². The van der Waals surface area contributed by atoms with Gasteiger partial charge < -0.3 is 15.4 Å². The predicted molar refractivity (Wildman–Crippen MR) is 43.5 cm³/mol. The number of rotatable bonds is 5. The van der Waals surface area contributed by atoms with E-state index in [4.69, 9.17) is 10.00 Å². The minimum atomic E-state index is -0.312. The summed E-state index contributed by atoms with van der Waals surface area (Å²) >= 11 is 0. The summed E-state index contributed by atoms with van der Waals surface area (Å²) in [5, 5.41) is 13.0. The molecule has 0 unspecified atom stereocenters. The summed E-state index contributed by atoms with van der Waals surface area (Å²) in [6.45, 7) is 1.22. The normalized spacial score (nSPS) is 8.67. The molecule has 0 spiro atoms. The van der Waals surface area contributed by atoms with Gasteiger partial charge in [-0.15, -0.1) is 0 Å². The van der Waals surface area contributed by atoms with Crippen molar-refractivity contribution in [3.8, 4) is 6.07 Å². The van der Waals surface area contributed by atoms with Crippen LogP contribution < -0.4 is 10.6 Å². The van der Waals surface area contributed by atoms with E-state index in [9.17, 15) is 4.79 Å². The maximum atomic E-state index is 10.8. The van der Waals surface area contributed by atoms with Crippen molar-refractivity contribution in [3.05, 3.63) is 0 Å². The van der Waals surface area contributed by atoms with Crippen LogP contribution in [0.25, 0.3) is 0 Å². The summed E-state index contributed by atoms with van der Waals surface area (Å²) in [5.41, 5.74) is 0. The fraction of sp³-hybridized carbons (Fsp3) is 0.714. The third-order valence-corrected chi connectivity index (χ3v) is 1.14. The van der Waals surface area contributed by atoms with Crippen LogP contribution in [0.1, 0.15) is 6.42 Å². The van der Waals surface area contributed by atoms with E-state index in [1.807, 2.05) is 0 Å². The van der Waals surface area contributed by atoms with Crippen LogP contribution in [0.2, 0.25) is 0 Å². The van der Waals surface area contributed by atoms with Crippen molar-refractivity contribution in [1.82, 2.24) is 10.6 Å². The Morgan fingerprint density at radius 2 is 2.33 bits per heavy atom. The molecule has 0 aromatic heterocycles. The van der Waals surface area contributed by atoms with E-state index in [-0.39, 0.29) is 12.6 Å². The number of carbonyl (C=O) groups is 1. The van der Waals surface area contributed by atoms with Crippen molar-refractivity contribution < 1.29 is 9.53 Å². The number of urea groups is 1. The molecule has 12 heavy (non-hydrogen) atoms. The lowest BCUT2D eigenvalue weighted by Crippen LogP contribution is -2.36. The minimum Gasteiger partial charge on any atom is -0.385 e. The van der Waals surface area contributed by atoms with E-state index in [1.54, 1.807) is 13.2 Å². The molecule has 0 heterocycles. The Balaban J connectivity index is 3.15.